The van der Waals surface area contributed by atoms with Gasteiger partial charge in [-0.3, -0.25) is 0 Å². The number of fused-ring (bicyclic) bond motifs is 2. The molecule has 0 radical (unpaired) electrons. The van der Waals surface area contributed by atoms with Crippen molar-refractivity contribution in [3.05, 3.63) is 89.3 Å². The molecule has 130 valence electrons. The summed E-state index contributed by atoms with van der Waals surface area (Å²) in [6.07, 6.45) is 0. The lowest BCUT2D eigenvalue weighted by Crippen LogP contribution is -2.27. The van der Waals surface area contributed by atoms with E-state index >= 15 is 0 Å². The summed E-state index contributed by atoms with van der Waals surface area (Å²) in [7, 11) is 0. The molecule has 0 aliphatic carbocycles. The van der Waals surface area contributed by atoms with E-state index in [0.29, 0.717) is 11.3 Å². The third-order valence-corrected chi connectivity index (χ3v) is 4.59. The van der Waals surface area contributed by atoms with E-state index in [1.165, 1.54) is 0 Å². The van der Waals surface area contributed by atoms with Crippen LogP contribution in [0.2, 0.25) is 0 Å². The first-order valence-corrected chi connectivity index (χ1v) is 8.61. The summed E-state index contributed by atoms with van der Waals surface area (Å²) in [5, 5.41) is 2.14. The van der Waals surface area contributed by atoms with Crippen LogP contribution in [-0.2, 0) is 9.53 Å². The first-order chi connectivity index (χ1) is 12.7. The monoisotopic (exact) mass is 345 g/mol. The van der Waals surface area contributed by atoms with E-state index in [9.17, 15) is 4.79 Å². The molecule has 0 amide bonds. The van der Waals surface area contributed by atoms with E-state index in [0.717, 1.165) is 21.9 Å². The van der Waals surface area contributed by atoms with Gasteiger partial charge in [-0.1, -0.05) is 54.6 Å². The molecule has 2 N–H and O–H groups in total. The molecule has 3 aromatic rings. The van der Waals surface area contributed by atoms with Crippen molar-refractivity contribution in [3.63, 3.8) is 0 Å². The lowest BCUT2D eigenvalue weighted by atomic mass is 9.82. The van der Waals surface area contributed by atoms with Gasteiger partial charge in [-0.25, -0.2) is 4.79 Å². The van der Waals surface area contributed by atoms with Crippen molar-refractivity contribution < 1.29 is 14.3 Å². The number of benzene rings is 3. The van der Waals surface area contributed by atoms with Crippen LogP contribution in [-0.4, -0.2) is 12.6 Å². The zero-order chi connectivity index (χ0) is 18.1. The molecule has 0 saturated heterocycles. The molecule has 0 bridgehead atoms. The Kier molecular flexibility index (Phi) is 4.09. The zero-order valence-electron chi connectivity index (χ0n) is 14.4. The quantitative estimate of drug-likeness (QED) is 0.726. The van der Waals surface area contributed by atoms with Gasteiger partial charge in [0.25, 0.3) is 0 Å². The summed E-state index contributed by atoms with van der Waals surface area (Å²) < 4.78 is 11.1. The van der Waals surface area contributed by atoms with Gasteiger partial charge in [0.15, 0.2) is 0 Å². The van der Waals surface area contributed by atoms with Crippen molar-refractivity contribution in [2.75, 3.05) is 6.61 Å². The third kappa shape index (κ3) is 2.69. The van der Waals surface area contributed by atoms with Gasteiger partial charge in [0.1, 0.15) is 11.3 Å². The van der Waals surface area contributed by atoms with Crippen molar-refractivity contribution in [1.82, 2.24) is 0 Å². The van der Waals surface area contributed by atoms with E-state index in [1.807, 2.05) is 60.7 Å². The molecule has 1 aliphatic heterocycles. The summed E-state index contributed by atoms with van der Waals surface area (Å²) in [6.45, 7) is 2.05. The molecule has 3 aromatic carbocycles. The predicted octanol–water partition coefficient (Wildman–Crippen LogP) is 4.10. The fourth-order valence-corrected chi connectivity index (χ4v) is 3.44. The summed E-state index contributed by atoms with van der Waals surface area (Å²) in [5.74, 6) is -0.00977. The number of carbonyl (C=O) groups is 1. The Morgan fingerprint density at radius 1 is 1.04 bits per heavy atom. The maximum atomic E-state index is 12.6. The number of esters is 1. The van der Waals surface area contributed by atoms with Gasteiger partial charge in [0.2, 0.25) is 5.88 Å². The van der Waals surface area contributed by atoms with Crippen molar-refractivity contribution in [2.24, 2.45) is 5.73 Å². The number of hydrogen-bond acceptors (Lipinski definition) is 4. The summed E-state index contributed by atoms with van der Waals surface area (Å²) in [5.41, 5.74) is 8.38. The molecule has 26 heavy (non-hydrogen) atoms. The van der Waals surface area contributed by atoms with Crippen LogP contribution in [0, 0.1) is 0 Å². The molecule has 1 aliphatic rings. The van der Waals surface area contributed by atoms with E-state index < -0.39 is 5.97 Å². The number of ether oxygens (including phenoxy) is 2. The molecule has 0 spiro atoms. The van der Waals surface area contributed by atoms with Gasteiger partial charge < -0.3 is 15.2 Å². The smallest absolute Gasteiger partial charge is 0.340 e. The SMILES string of the molecule is CCOC(=O)C1=C(N)Oc2cc3ccccc3cc2C1c1ccccc1. The van der Waals surface area contributed by atoms with E-state index in [4.69, 9.17) is 15.2 Å². The average Bonchev–Trinajstić information content (AvgIpc) is 2.66. The molecule has 4 heteroatoms. The van der Waals surface area contributed by atoms with Gasteiger partial charge >= 0.3 is 5.97 Å². The second kappa shape index (κ2) is 6.56. The molecule has 0 saturated carbocycles. The number of rotatable bonds is 3. The lowest BCUT2D eigenvalue weighted by Gasteiger charge is -2.29. The van der Waals surface area contributed by atoms with Crippen molar-refractivity contribution in [2.45, 2.75) is 12.8 Å². The minimum Gasteiger partial charge on any atom is -0.462 e. The Morgan fingerprint density at radius 3 is 2.38 bits per heavy atom. The van der Waals surface area contributed by atoms with Crippen molar-refractivity contribution >= 4 is 16.7 Å². The van der Waals surface area contributed by atoms with Crippen LogP contribution in [0.1, 0.15) is 24.0 Å². The van der Waals surface area contributed by atoms with Crippen LogP contribution in [0.5, 0.6) is 5.75 Å². The number of nitrogens with two attached hydrogens (primary N) is 1. The molecule has 0 fully saturated rings. The fraction of sp³-hybridized carbons (Fsp3) is 0.136. The van der Waals surface area contributed by atoms with Crippen LogP contribution >= 0.6 is 0 Å². The predicted molar refractivity (Wildman–Crippen MR) is 101 cm³/mol. The first kappa shape index (κ1) is 16.2. The van der Waals surface area contributed by atoms with Crippen molar-refractivity contribution in [3.8, 4) is 5.75 Å². The van der Waals surface area contributed by atoms with Gasteiger partial charge in [-0.2, -0.15) is 0 Å². The molecule has 4 nitrogen and oxygen atoms in total. The lowest BCUT2D eigenvalue weighted by molar-refractivity contribution is -0.139. The van der Waals surface area contributed by atoms with Gasteiger partial charge in [0, 0.05) is 5.56 Å². The van der Waals surface area contributed by atoms with Crippen LogP contribution in [0.15, 0.2) is 78.2 Å². The Balaban J connectivity index is 1.95. The Bertz CT molecular complexity index is 1010. The maximum Gasteiger partial charge on any atom is 0.340 e. The van der Waals surface area contributed by atoms with E-state index in [1.54, 1.807) is 6.92 Å². The second-order valence-electron chi connectivity index (χ2n) is 6.18. The molecule has 4 rings (SSSR count). The number of carbonyl (C=O) groups excluding carboxylic acids is 1. The highest BCUT2D eigenvalue weighted by atomic mass is 16.5. The molecule has 1 atom stereocenters. The molecule has 0 aromatic heterocycles. The van der Waals surface area contributed by atoms with Crippen LogP contribution in [0.25, 0.3) is 10.8 Å². The van der Waals surface area contributed by atoms with Gasteiger partial charge in [-0.05, 0) is 35.4 Å². The van der Waals surface area contributed by atoms with E-state index in [2.05, 4.69) is 6.07 Å². The Hall–Kier alpha value is -3.27. The molecule has 1 heterocycles. The van der Waals surface area contributed by atoms with Gasteiger partial charge in [0.05, 0.1) is 12.5 Å². The minimum atomic E-state index is -0.447. The third-order valence-electron chi connectivity index (χ3n) is 4.59. The summed E-state index contributed by atoms with van der Waals surface area (Å²) in [6, 6.07) is 21.9. The van der Waals surface area contributed by atoms with Crippen LogP contribution < -0.4 is 10.5 Å². The minimum absolute atomic E-state index is 0.0973. The van der Waals surface area contributed by atoms with Crippen LogP contribution in [0.4, 0.5) is 0 Å². The highest BCUT2D eigenvalue weighted by Crippen LogP contribution is 2.44. The largest absolute Gasteiger partial charge is 0.462 e. The van der Waals surface area contributed by atoms with Gasteiger partial charge in [-0.15, -0.1) is 0 Å². The second-order valence-corrected chi connectivity index (χ2v) is 6.18. The molecular weight excluding hydrogens is 326 g/mol. The average molecular weight is 345 g/mol. The standard InChI is InChI=1S/C22H19NO3/c1-2-25-22(24)20-19(14-8-4-3-5-9-14)17-12-15-10-6-7-11-16(15)13-18(17)26-21(20)23/h3-13,19H,2,23H2,1H3. The Labute approximate surface area is 151 Å². The summed E-state index contributed by atoms with van der Waals surface area (Å²) in [4.78, 5) is 12.6. The maximum absolute atomic E-state index is 12.6. The van der Waals surface area contributed by atoms with Crippen LogP contribution in [0.3, 0.4) is 0 Å². The normalized spacial score (nSPS) is 16.1. The Morgan fingerprint density at radius 2 is 1.69 bits per heavy atom. The van der Waals surface area contributed by atoms with E-state index in [-0.39, 0.29) is 18.4 Å². The highest BCUT2D eigenvalue weighted by molar-refractivity contribution is 5.94. The zero-order valence-corrected chi connectivity index (χ0v) is 14.4. The van der Waals surface area contributed by atoms with Crippen molar-refractivity contribution in [1.29, 1.82) is 0 Å². The first-order valence-electron chi connectivity index (χ1n) is 8.61. The topological polar surface area (TPSA) is 61.5 Å². The number of hydrogen-bond donors (Lipinski definition) is 1. The molecular formula is C22H19NO3. The fourth-order valence-electron chi connectivity index (χ4n) is 3.44. The summed E-state index contributed by atoms with van der Waals surface area (Å²) >= 11 is 0. The highest BCUT2D eigenvalue weighted by Gasteiger charge is 2.35. The molecule has 1 unspecified atom stereocenters.